The van der Waals surface area contributed by atoms with Gasteiger partial charge in [0, 0.05) is 35.7 Å². The fourth-order valence-corrected chi connectivity index (χ4v) is 4.30. The van der Waals surface area contributed by atoms with Crippen LogP contribution in [0.25, 0.3) is 22.3 Å². The van der Waals surface area contributed by atoms with Crippen molar-refractivity contribution in [3.63, 3.8) is 0 Å². The molecule has 0 radical (unpaired) electrons. The smallest absolute Gasteiger partial charge is 0.406 e. The van der Waals surface area contributed by atoms with Gasteiger partial charge in [0.1, 0.15) is 11.4 Å². The van der Waals surface area contributed by atoms with E-state index in [9.17, 15) is 18.0 Å². The van der Waals surface area contributed by atoms with Gasteiger partial charge >= 0.3 is 6.36 Å². The molecule has 0 bridgehead atoms. The van der Waals surface area contributed by atoms with E-state index in [2.05, 4.69) is 25.3 Å². The SMILES string of the molecule is Cc1cccc(C)c1NC(=O)c1ccc(Nc2nc(-c3ccc(OC(F)(F)F)cc3)c3c(ccn3C)n2)cc1. The number of nitrogens with zero attached hydrogens (tertiary/aromatic N) is 3. The number of rotatable bonds is 6. The van der Waals surface area contributed by atoms with Gasteiger partial charge in [-0.25, -0.2) is 9.97 Å². The van der Waals surface area contributed by atoms with Gasteiger partial charge in [-0.2, -0.15) is 0 Å². The fourth-order valence-electron chi connectivity index (χ4n) is 4.30. The van der Waals surface area contributed by atoms with E-state index in [1.807, 2.05) is 55.9 Å². The van der Waals surface area contributed by atoms with Gasteiger partial charge in [0.15, 0.2) is 0 Å². The average Bonchev–Trinajstić information content (AvgIpc) is 3.26. The first-order valence-corrected chi connectivity index (χ1v) is 12.0. The molecule has 0 unspecified atom stereocenters. The minimum Gasteiger partial charge on any atom is -0.406 e. The van der Waals surface area contributed by atoms with Crippen molar-refractivity contribution in [2.24, 2.45) is 7.05 Å². The minimum atomic E-state index is -4.77. The van der Waals surface area contributed by atoms with Crippen LogP contribution in [0.5, 0.6) is 5.75 Å². The maximum atomic E-state index is 12.8. The number of fused-ring (bicyclic) bond motifs is 1. The summed E-state index contributed by atoms with van der Waals surface area (Å²) >= 11 is 0. The van der Waals surface area contributed by atoms with Gasteiger partial charge in [0.25, 0.3) is 5.91 Å². The van der Waals surface area contributed by atoms with Crippen LogP contribution in [0.1, 0.15) is 21.5 Å². The maximum absolute atomic E-state index is 12.8. The number of hydrogen-bond donors (Lipinski definition) is 2. The fraction of sp³-hybridized carbons (Fsp3) is 0.138. The lowest BCUT2D eigenvalue weighted by atomic mass is 10.1. The van der Waals surface area contributed by atoms with Crippen molar-refractivity contribution in [3.05, 3.63) is 95.7 Å². The number of ether oxygens (including phenoxy) is 1. The zero-order valence-corrected chi connectivity index (χ0v) is 21.3. The van der Waals surface area contributed by atoms with Gasteiger partial charge in [-0.1, -0.05) is 18.2 Å². The van der Waals surface area contributed by atoms with Gasteiger partial charge in [-0.05, 0) is 79.6 Å². The molecule has 0 aliphatic carbocycles. The van der Waals surface area contributed by atoms with Gasteiger partial charge in [0.2, 0.25) is 5.95 Å². The molecule has 198 valence electrons. The van der Waals surface area contributed by atoms with E-state index in [1.54, 1.807) is 24.3 Å². The predicted octanol–water partition coefficient (Wildman–Crippen LogP) is 7.15. The molecule has 0 atom stereocenters. The molecule has 0 aliphatic heterocycles. The number of anilines is 3. The number of halogens is 3. The third kappa shape index (κ3) is 5.69. The van der Waals surface area contributed by atoms with Gasteiger partial charge < -0.3 is 19.9 Å². The van der Waals surface area contributed by atoms with E-state index in [1.165, 1.54) is 24.3 Å². The number of aryl methyl sites for hydroxylation is 3. The number of carbonyl (C=O) groups excluding carboxylic acids is 1. The number of alkyl halides is 3. The Kier molecular flexibility index (Phi) is 6.69. The van der Waals surface area contributed by atoms with Gasteiger partial charge in [-0.3, -0.25) is 4.79 Å². The second-order valence-corrected chi connectivity index (χ2v) is 9.05. The normalized spacial score (nSPS) is 11.4. The summed E-state index contributed by atoms with van der Waals surface area (Å²) in [6, 6.07) is 20.1. The second kappa shape index (κ2) is 10.1. The molecule has 10 heteroatoms. The number of benzene rings is 3. The molecule has 2 aromatic heterocycles. The molecular formula is C29H24F3N5O2. The summed E-state index contributed by atoms with van der Waals surface area (Å²) in [5.41, 5.74) is 6.42. The van der Waals surface area contributed by atoms with Crippen LogP contribution in [-0.4, -0.2) is 26.8 Å². The van der Waals surface area contributed by atoms with Gasteiger partial charge in [0.05, 0.1) is 11.0 Å². The Morgan fingerprint density at radius 3 is 2.21 bits per heavy atom. The van der Waals surface area contributed by atoms with Gasteiger partial charge in [-0.15, -0.1) is 13.2 Å². The molecule has 2 heterocycles. The summed E-state index contributed by atoms with van der Waals surface area (Å²) in [7, 11) is 1.84. The maximum Gasteiger partial charge on any atom is 0.573 e. The molecular weight excluding hydrogens is 507 g/mol. The highest BCUT2D eigenvalue weighted by molar-refractivity contribution is 6.05. The van der Waals surface area contributed by atoms with Crippen molar-refractivity contribution in [2.75, 3.05) is 10.6 Å². The summed E-state index contributed by atoms with van der Waals surface area (Å²) in [6.07, 6.45) is -2.94. The molecule has 3 aromatic carbocycles. The standard InChI is InChI=1S/C29H24F3N5O2/c1-17-5-4-6-18(2)24(17)35-27(38)20-7-11-21(12-8-20)33-28-34-23-15-16-37(3)26(23)25(36-28)19-9-13-22(14-10-19)39-29(30,31)32/h4-16H,1-3H3,(H,35,38)(H,33,34,36). The first-order valence-electron chi connectivity index (χ1n) is 12.0. The number of para-hydroxylation sites is 1. The van der Waals surface area contributed by atoms with E-state index < -0.39 is 6.36 Å². The molecule has 0 saturated carbocycles. The molecule has 0 fully saturated rings. The zero-order chi connectivity index (χ0) is 27.7. The number of nitrogens with one attached hydrogen (secondary N) is 2. The third-order valence-corrected chi connectivity index (χ3v) is 6.20. The summed E-state index contributed by atoms with van der Waals surface area (Å²) < 4.78 is 43.5. The van der Waals surface area contributed by atoms with Crippen LogP contribution in [-0.2, 0) is 7.05 Å². The predicted molar refractivity (Wildman–Crippen MR) is 144 cm³/mol. The van der Waals surface area contributed by atoms with Crippen LogP contribution in [0, 0.1) is 13.8 Å². The molecule has 0 aliphatic rings. The number of aromatic nitrogens is 3. The van der Waals surface area contributed by atoms with Crippen molar-refractivity contribution in [1.82, 2.24) is 14.5 Å². The molecule has 7 nitrogen and oxygen atoms in total. The highest BCUT2D eigenvalue weighted by Crippen LogP contribution is 2.31. The van der Waals surface area contributed by atoms with E-state index in [4.69, 9.17) is 0 Å². The largest absolute Gasteiger partial charge is 0.573 e. The summed E-state index contributed by atoms with van der Waals surface area (Å²) in [4.78, 5) is 22.0. The zero-order valence-electron chi connectivity index (χ0n) is 21.3. The second-order valence-electron chi connectivity index (χ2n) is 9.05. The quantitative estimate of drug-likeness (QED) is 0.243. The Morgan fingerprint density at radius 2 is 1.56 bits per heavy atom. The first kappa shape index (κ1) is 25.8. The molecule has 2 N–H and O–H groups in total. The lowest BCUT2D eigenvalue weighted by Gasteiger charge is -2.13. The Morgan fingerprint density at radius 1 is 0.897 bits per heavy atom. The Bertz CT molecular complexity index is 1640. The topological polar surface area (TPSA) is 81.1 Å². The average molecular weight is 532 g/mol. The van der Waals surface area contributed by atoms with Crippen LogP contribution >= 0.6 is 0 Å². The third-order valence-electron chi connectivity index (χ3n) is 6.20. The summed E-state index contributed by atoms with van der Waals surface area (Å²) in [5.74, 6) is -0.239. The summed E-state index contributed by atoms with van der Waals surface area (Å²) in [5, 5.41) is 6.13. The van der Waals surface area contributed by atoms with Crippen LogP contribution in [0.4, 0.5) is 30.5 Å². The van der Waals surface area contributed by atoms with Crippen LogP contribution in [0.15, 0.2) is 79.0 Å². The Hall–Kier alpha value is -4.86. The number of carbonyl (C=O) groups is 1. The number of hydrogen-bond acceptors (Lipinski definition) is 5. The highest BCUT2D eigenvalue weighted by atomic mass is 19.4. The molecule has 5 rings (SSSR count). The molecule has 5 aromatic rings. The lowest BCUT2D eigenvalue weighted by Crippen LogP contribution is -2.16. The Balaban J connectivity index is 1.39. The Labute approximate surface area is 222 Å². The van der Waals surface area contributed by atoms with E-state index in [0.29, 0.717) is 34.0 Å². The highest BCUT2D eigenvalue weighted by Gasteiger charge is 2.31. The summed E-state index contributed by atoms with van der Waals surface area (Å²) in [6.45, 7) is 3.89. The van der Waals surface area contributed by atoms with E-state index >= 15 is 0 Å². The minimum absolute atomic E-state index is 0.221. The molecule has 0 spiro atoms. The van der Waals surface area contributed by atoms with Crippen LogP contribution in [0.3, 0.4) is 0 Å². The number of amides is 1. The van der Waals surface area contributed by atoms with Crippen molar-refractivity contribution in [2.45, 2.75) is 20.2 Å². The van der Waals surface area contributed by atoms with Crippen molar-refractivity contribution < 1.29 is 22.7 Å². The van der Waals surface area contributed by atoms with Crippen molar-refractivity contribution in [3.8, 4) is 17.0 Å². The first-order chi connectivity index (χ1) is 18.6. The van der Waals surface area contributed by atoms with Crippen molar-refractivity contribution in [1.29, 1.82) is 0 Å². The van der Waals surface area contributed by atoms with E-state index in [-0.39, 0.29) is 11.7 Å². The molecule has 39 heavy (non-hydrogen) atoms. The van der Waals surface area contributed by atoms with E-state index in [0.717, 1.165) is 22.3 Å². The van der Waals surface area contributed by atoms with Crippen molar-refractivity contribution >= 4 is 34.3 Å². The van der Waals surface area contributed by atoms with Crippen LogP contribution < -0.4 is 15.4 Å². The lowest BCUT2D eigenvalue weighted by molar-refractivity contribution is -0.274. The van der Waals surface area contributed by atoms with Crippen LogP contribution in [0.2, 0.25) is 0 Å². The monoisotopic (exact) mass is 531 g/mol. The molecule has 0 saturated heterocycles. The molecule has 1 amide bonds.